The van der Waals surface area contributed by atoms with E-state index >= 15 is 0 Å². The van der Waals surface area contributed by atoms with Gasteiger partial charge in [-0.15, -0.1) is 0 Å². The molecule has 4 rings (SSSR count). The van der Waals surface area contributed by atoms with Crippen molar-refractivity contribution in [2.24, 2.45) is 0 Å². The van der Waals surface area contributed by atoms with Crippen molar-refractivity contribution in [3.05, 3.63) is 54.2 Å². The Kier molecular flexibility index (Phi) is 5.83. The molecule has 1 aliphatic rings. The first-order valence-electron chi connectivity index (χ1n) is 9.88. The Morgan fingerprint density at radius 3 is 2.52 bits per heavy atom. The van der Waals surface area contributed by atoms with Gasteiger partial charge in [0.1, 0.15) is 17.1 Å². The third-order valence-corrected chi connectivity index (χ3v) is 5.21. The van der Waals surface area contributed by atoms with E-state index in [1.165, 1.54) is 7.11 Å². The summed E-state index contributed by atoms with van der Waals surface area (Å²) in [6.45, 7) is 2.25. The monoisotopic (exact) mass is 421 g/mol. The van der Waals surface area contributed by atoms with Crippen molar-refractivity contribution < 1.29 is 19.1 Å². The highest BCUT2D eigenvalue weighted by atomic mass is 16.5. The van der Waals surface area contributed by atoms with Crippen molar-refractivity contribution in [1.29, 1.82) is 0 Å². The van der Waals surface area contributed by atoms with E-state index in [1.54, 1.807) is 42.5 Å². The molecule has 1 fully saturated rings. The summed E-state index contributed by atoms with van der Waals surface area (Å²) in [4.78, 5) is 37.6. The highest BCUT2D eigenvalue weighted by molar-refractivity contribution is 6.00. The summed E-state index contributed by atoms with van der Waals surface area (Å²) < 4.78 is 10.2. The summed E-state index contributed by atoms with van der Waals surface area (Å²) in [5.74, 6) is 0.924. The van der Waals surface area contributed by atoms with Gasteiger partial charge < -0.3 is 24.6 Å². The number of urea groups is 1. The number of anilines is 2. The molecule has 0 atom stereocenters. The predicted molar refractivity (Wildman–Crippen MR) is 117 cm³/mol. The predicted octanol–water partition coefficient (Wildman–Crippen LogP) is 2.78. The Morgan fingerprint density at radius 1 is 1.00 bits per heavy atom. The molecule has 0 aliphatic carbocycles. The van der Waals surface area contributed by atoms with Crippen LogP contribution in [-0.4, -0.2) is 67.3 Å². The van der Waals surface area contributed by atoms with Gasteiger partial charge in [-0.2, -0.15) is 0 Å². The summed E-state index contributed by atoms with van der Waals surface area (Å²) >= 11 is 0. The van der Waals surface area contributed by atoms with Crippen LogP contribution in [0.1, 0.15) is 10.4 Å². The molecule has 2 aromatic carbocycles. The lowest BCUT2D eigenvalue weighted by molar-refractivity contribution is 0.0602. The molecule has 1 saturated heterocycles. The molecule has 0 bridgehead atoms. The number of piperazine rings is 1. The van der Waals surface area contributed by atoms with Crippen molar-refractivity contribution in [3.63, 3.8) is 0 Å². The van der Waals surface area contributed by atoms with Crippen LogP contribution in [0, 0.1) is 0 Å². The van der Waals surface area contributed by atoms with Crippen molar-refractivity contribution in [2.45, 2.75) is 0 Å². The summed E-state index contributed by atoms with van der Waals surface area (Å²) in [5, 5.41) is 2.81. The summed E-state index contributed by atoms with van der Waals surface area (Å²) in [5.41, 5.74) is 2.22. The summed E-state index contributed by atoms with van der Waals surface area (Å²) in [7, 11) is 2.92. The number of methoxy groups -OCH3 is 2. The maximum Gasteiger partial charge on any atom is 0.339 e. The minimum Gasteiger partial charge on any atom is -0.494 e. The maximum absolute atomic E-state index is 12.7. The van der Waals surface area contributed by atoms with Crippen molar-refractivity contribution >= 4 is 34.5 Å². The molecule has 1 N–H and O–H groups in total. The Hall–Kier alpha value is -3.88. The number of ether oxygens (including phenoxy) is 2. The van der Waals surface area contributed by atoms with Crippen molar-refractivity contribution in [3.8, 4) is 5.75 Å². The lowest BCUT2D eigenvalue weighted by Crippen LogP contribution is -2.50. The Balaban J connectivity index is 1.43. The SMILES string of the molecule is COC(=O)c1ccccc1NC(=O)N1CCN(c2cnc3cccc(OC)c3n2)CC1. The van der Waals surface area contributed by atoms with Crippen LogP contribution in [0.4, 0.5) is 16.3 Å². The molecule has 2 amide bonds. The Labute approximate surface area is 179 Å². The van der Waals surface area contributed by atoms with Crippen molar-refractivity contribution in [1.82, 2.24) is 14.9 Å². The number of hydrogen-bond acceptors (Lipinski definition) is 7. The number of benzene rings is 2. The van der Waals surface area contributed by atoms with Gasteiger partial charge in [-0.25, -0.2) is 14.6 Å². The third kappa shape index (κ3) is 4.20. The van der Waals surface area contributed by atoms with Crippen LogP contribution in [-0.2, 0) is 4.74 Å². The number of carbonyl (C=O) groups is 2. The van der Waals surface area contributed by atoms with E-state index in [-0.39, 0.29) is 6.03 Å². The summed E-state index contributed by atoms with van der Waals surface area (Å²) in [6.07, 6.45) is 1.74. The van der Waals surface area contributed by atoms with Crippen LogP contribution < -0.4 is 15.0 Å². The van der Waals surface area contributed by atoms with Gasteiger partial charge in [0.2, 0.25) is 0 Å². The Morgan fingerprint density at radius 2 is 1.77 bits per heavy atom. The van der Waals surface area contributed by atoms with Gasteiger partial charge in [-0.05, 0) is 24.3 Å². The van der Waals surface area contributed by atoms with E-state index in [4.69, 9.17) is 14.5 Å². The molecule has 9 heteroatoms. The number of esters is 1. The van der Waals surface area contributed by atoms with E-state index in [1.807, 2.05) is 18.2 Å². The van der Waals surface area contributed by atoms with Crippen molar-refractivity contribution in [2.75, 3.05) is 50.6 Å². The molecule has 3 aromatic rings. The van der Waals surface area contributed by atoms with E-state index in [9.17, 15) is 9.59 Å². The normalized spacial score (nSPS) is 13.7. The number of nitrogens with one attached hydrogen (secondary N) is 1. The lowest BCUT2D eigenvalue weighted by Gasteiger charge is -2.35. The molecule has 0 saturated carbocycles. The fraction of sp³-hybridized carbons (Fsp3) is 0.273. The first-order chi connectivity index (χ1) is 15.1. The highest BCUT2D eigenvalue weighted by Crippen LogP contribution is 2.25. The maximum atomic E-state index is 12.7. The van der Waals surface area contributed by atoms with E-state index < -0.39 is 5.97 Å². The molecule has 31 heavy (non-hydrogen) atoms. The molecule has 0 unspecified atom stereocenters. The van der Waals surface area contributed by atoms with Gasteiger partial charge in [0.25, 0.3) is 0 Å². The van der Waals surface area contributed by atoms with Crippen LogP contribution in [0.15, 0.2) is 48.7 Å². The number of carbonyl (C=O) groups excluding carboxylic acids is 2. The van der Waals surface area contributed by atoms with Gasteiger partial charge >= 0.3 is 12.0 Å². The van der Waals surface area contributed by atoms with E-state index in [0.29, 0.717) is 48.7 Å². The quantitative estimate of drug-likeness (QED) is 0.647. The zero-order valence-electron chi connectivity index (χ0n) is 17.4. The minimum atomic E-state index is -0.494. The second kappa shape index (κ2) is 8.86. The first-order valence-corrected chi connectivity index (χ1v) is 9.88. The number of rotatable bonds is 4. The second-order valence-electron chi connectivity index (χ2n) is 7.00. The fourth-order valence-electron chi connectivity index (χ4n) is 3.53. The number of fused-ring (bicyclic) bond motifs is 1. The summed E-state index contributed by atoms with van der Waals surface area (Å²) in [6, 6.07) is 12.1. The topological polar surface area (TPSA) is 96.9 Å². The molecular weight excluding hydrogens is 398 g/mol. The standard InChI is InChI=1S/C22H23N5O4/c1-30-18-9-5-8-17-20(18)25-19(14-23-17)26-10-12-27(13-11-26)22(29)24-16-7-4-3-6-15(16)21(28)31-2/h3-9,14H,10-13H2,1-2H3,(H,24,29). The molecule has 160 valence electrons. The van der Waals surface area contributed by atoms with Crippen LogP contribution >= 0.6 is 0 Å². The van der Waals surface area contributed by atoms with Gasteiger partial charge in [-0.3, -0.25) is 4.98 Å². The number of para-hydroxylation sites is 2. The fourth-order valence-corrected chi connectivity index (χ4v) is 3.53. The van der Waals surface area contributed by atoms with Crippen LogP contribution in [0.2, 0.25) is 0 Å². The first kappa shape index (κ1) is 20.4. The molecular formula is C22H23N5O4. The molecule has 1 aromatic heterocycles. The lowest BCUT2D eigenvalue weighted by atomic mass is 10.2. The van der Waals surface area contributed by atoms with Gasteiger partial charge in [0.05, 0.1) is 37.2 Å². The number of nitrogens with zero attached hydrogens (tertiary/aromatic N) is 4. The van der Waals surface area contributed by atoms with Crippen LogP contribution in [0.25, 0.3) is 11.0 Å². The Bertz CT molecular complexity index is 1110. The zero-order chi connectivity index (χ0) is 21.8. The number of aromatic nitrogens is 2. The number of amides is 2. The average Bonchev–Trinajstić information content (AvgIpc) is 2.83. The number of hydrogen-bond donors (Lipinski definition) is 1. The molecule has 2 heterocycles. The van der Waals surface area contributed by atoms with Gasteiger partial charge in [-0.1, -0.05) is 18.2 Å². The molecule has 0 spiro atoms. The van der Waals surface area contributed by atoms with Gasteiger partial charge in [0.15, 0.2) is 0 Å². The molecule has 9 nitrogen and oxygen atoms in total. The highest BCUT2D eigenvalue weighted by Gasteiger charge is 2.24. The van der Waals surface area contributed by atoms with Crippen LogP contribution in [0.3, 0.4) is 0 Å². The smallest absolute Gasteiger partial charge is 0.339 e. The average molecular weight is 421 g/mol. The van der Waals surface area contributed by atoms with E-state index in [2.05, 4.69) is 15.2 Å². The zero-order valence-corrected chi connectivity index (χ0v) is 17.4. The molecule has 1 aliphatic heterocycles. The molecule has 0 radical (unpaired) electrons. The van der Waals surface area contributed by atoms with Crippen LogP contribution in [0.5, 0.6) is 5.75 Å². The minimum absolute atomic E-state index is 0.262. The van der Waals surface area contributed by atoms with Gasteiger partial charge in [0, 0.05) is 26.2 Å². The van der Waals surface area contributed by atoms with E-state index in [0.717, 1.165) is 11.3 Å². The third-order valence-electron chi connectivity index (χ3n) is 5.21. The second-order valence-corrected chi connectivity index (χ2v) is 7.00. The largest absolute Gasteiger partial charge is 0.494 e.